The summed E-state index contributed by atoms with van der Waals surface area (Å²) in [4.78, 5) is 26.7. The Labute approximate surface area is 300 Å². The van der Waals surface area contributed by atoms with E-state index in [1.165, 1.54) is 0 Å². The molecule has 0 heterocycles. The first-order valence-electron chi connectivity index (χ1n) is 17.1. The van der Waals surface area contributed by atoms with E-state index in [1.54, 1.807) is 48.5 Å². The molecule has 8 rings (SSSR count). The van der Waals surface area contributed by atoms with Gasteiger partial charge in [0.2, 0.25) is 0 Å². The summed E-state index contributed by atoms with van der Waals surface area (Å²) in [5, 5.41) is 6.66. The molecule has 0 spiro atoms. The summed E-state index contributed by atoms with van der Waals surface area (Å²) in [6, 6.07) is 42.4. The molecule has 8 aromatic carbocycles. The van der Waals surface area contributed by atoms with Crippen molar-refractivity contribution in [2.45, 2.75) is 27.7 Å². The maximum Gasteiger partial charge on any atom is 0.519 e. The standard InChI is InChI=1S/C46H34O6/c1-27-17-21-35-37(23-27)41(33-19-15-29(3)25-39(33)43(35)51-45(47)49-31-11-7-5-8-12-31)42-34-20-16-30(4)26-40(34)44(36-22-18-28(2)24-38(36)42)52-46(48)50-32-13-9-6-10-14-32/h5-26H,1-4H3. The van der Waals surface area contributed by atoms with Crippen LogP contribution in [0.25, 0.3) is 54.2 Å². The van der Waals surface area contributed by atoms with Gasteiger partial charge in [-0.25, -0.2) is 9.59 Å². The molecule has 0 saturated heterocycles. The fourth-order valence-electron chi connectivity index (χ4n) is 6.97. The van der Waals surface area contributed by atoms with Crippen LogP contribution in [0.4, 0.5) is 9.59 Å². The van der Waals surface area contributed by atoms with Crippen LogP contribution in [0.5, 0.6) is 23.0 Å². The molecule has 6 nitrogen and oxygen atoms in total. The summed E-state index contributed by atoms with van der Waals surface area (Å²) in [6.45, 7) is 8.13. The molecule has 0 radical (unpaired) electrons. The van der Waals surface area contributed by atoms with Crippen molar-refractivity contribution in [1.29, 1.82) is 0 Å². The van der Waals surface area contributed by atoms with Crippen molar-refractivity contribution in [2.75, 3.05) is 0 Å². The number of benzene rings is 8. The van der Waals surface area contributed by atoms with Crippen LogP contribution in [-0.4, -0.2) is 12.3 Å². The van der Waals surface area contributed by atoms with Crippen LogP contribution in [0.15, 0.2) is 133 Å². The molecule has 0 N–H and O–H groups in total. The number of aryl methyl sites for hydroxylation is 4. The zero-order valence-corrected chi connectivity index (χ0v) is 29.2. The second kappa shape index (κ2) is 13.2. The Bertz CT molecular complexity index is 2510. The normalized spacial score (nSPS) is 11.2. The highest BCUT2D eigenvalue weighted by atomic mass is 16.7. The van der Waals surface area contributed by atoms with E-state index in [2.05, 4.69) is 36.4 Å². The largest absolute Gasteiger partial charge is 0.519 e. The summed E-state index contributed by atoms with van der Waals surface area (Å²) >= 11 is 0. The summed E-state index contributed by atoms with van der Waals surface area (Å²) < 4.78 is 23.4. The summed E-state index contributed by atoms with van der Waals surface area (Å²) in [7, 11) is 0. The minimum atomic E-state index is -0.825. The highest BCUT2D eigenvalue weighted by Gasteiger charge is 2.25. The molecule has 6 heteroatoms. The molecule has 254 valence electrons. The molecule has 8 aromatic rings. The van der Waals surface area contributed by atoms with E-state index < -0.39 is 12.3 Å². The lowest BCUT2D eigenvalue weighted by molar-refractivity contribution is 0.152. The van der Waals surface area contributed by atoms with Crippen LogP contribution in [0.2, 0.25) is 0 Å². The molecule has 0 aliphatic carbocycles. The Morgan fingerprint density at radius 2 is 0.673 bits per heavy atom. The zero-order chi connectivity index (χ0) is 35.9. The van der Waals surface area contributed by atoms with Crippen molar-refractivity contribution in [3.05, 3.63) is 156 Å². The van der Waals surface area contributed by atoms with Crippen molar-refractivity contribution in [2.24, 2.45) is 0 Å². The van der Waals surface area contributed by atoms with Gasteiger partial charge in [-0.1, -0.05) is 119 Å². The van der Waals surface area contributed by atoms with Gasteiger partial charge in [-0.3, -0.25) is 0 Å². The Morgan fingerprint density at radius 1 is 0.346 bits per heavy atom. The number of rotatable bonds is 5. The lowest BCUT2D eigenvalue weighted by Gasteiger charge is -2.22. The van der Waals surface area contributed by atoms with Crippen LogP contribution in [-0.2, 0) is 0 Å². The van der Waals surface area contributed by atoms with Crippen molar-refractivity contribution >= 4 is 55.4 Å². The van der Waals surface area contributed by atoms with E-state index in [-0.39, 0.29) is 0 Å². The Balaban J connectivity index is 1.42. The van der Waals surface area contributed by atoms with Gasteiger partial charge in [0.25, 0.3) is 0 Å². The summed E-state index contributed by atoms with van der Waals surface area (Å²) in [6.07, 6.45) is -1.65. The van der Waals surface area contributed by atoms with Crippen LogP contribution in [0.1, 0.15) is 22.3 Å². The molecular formula is C46H34O6. The molecule has 0 saturated carbocycles. The first-order chi connectivity index (χ1) is 25.2. The Hall–Kier alpha value is -6.66. The lowest BCUT2D eigenvalue weighted by atomic mass is 9.84. The maximum absolute atomic E-state index is 13.3. The fraction of sp³-hybridized carbons (Fsp3) is 0.0870. The van der Waals surface area contributed by atoms with E-state index in [9.17, 15) is 9.59 Å². The average Bonchev–Trinajstić information content (AvgIpc) is 3.13. The van der Waals surface area contributed by atoms with Gasteiger partial charge < -0.3 is 18.9 Å². The smallest absolute Gasteiger partial charge is 0.395 e. The number of para-hydroxylation sites is 2. The maximum atomic E-state index is 13.3. The van der Waals surface area contributed by atoms with Gasteiger partial charge in [0.15, 0.2) is 0 Å². The fourth-order valence-corrected chi connectivity index (χ4v) is 6.97. The van der Waals surface area contributed by atoms with Gasteiger partial charge in [-0.15, -0.1) is 0 Å². The molecule has 0 amide bonds. The van der Waals surface area contributed by atoms with Gasteiger partial charge >= 0.3 is 12.3 Å². The monoisotopic (exact) mass is 682 g/mol. The third kappa shape index (κ3) is 6.05. The van der Waals surface area contributed by atoms with Gasteiger partial charge in [0, 0.05) is 21.5 Å². The molecule has 0 atom stereocenters. The average molecular weight is 683 g/mol. The minimum absolute atomic E-state index is 0.392. The van der Waals surface area contributed by atoms with Gasteiger partial charge in [0.1, 0.15) is 23.0 Å². The van der Waals surface area contributed by atoms with Crippen molar-refractivity contribution in [3.8, 4) is 34.1 Å². The van der Waals surface area contributed by atoms with E-state index in [1.807, 2.05) is 76.2 Å². The molecular weight excluding hydrogens is 649 g/mol. The number of hydrogen-bond acceptors (Lipinski definition) is 6. The molecule has 0 bridgehead atoms. The number of carbonyl (C=O) groups excluding carboxylic acids is 2. The SMILES string of the molecule is Cc1ccc2c(-c3c4ccc(C)cc4c(OC(=O)Oc4ccccc4)c4ccc(C)cc34)c3cc(C)ccc3c(OC(=O)Oc3ccccc3)c2c1. The first-order valence-corrected chi connectivity index (χ1v) is 17.1. The third-order valence-electron chi connectivity index (χ3n) is 9.27. The van der Waals surface area contributed by atoms with Crippen LogP contribution >= 0.6 is 0 Å². The van der Waals surface area contributed by atoms with Crippen molar-refractivity contribution in [1.82, 2.24) is 0 Å². The molecule has 0 aliphatic rings. The van der Waals surface area contributed by atoms with Crippen molar-refractivity contribution < 1.29 is 28.5 Å². The number of carbonyl (C=O) groups is 2. The second-order valence-electron chi connectivity index (χ2n) is 13.1. The van der Waals surface area contributed by atoms with E-state index in [4.69, 9.17) is 18.9 Å². The minimum Gasteiger partial charge on any atom is -0.395 e. The van der Waals surface area contributed by atoms with Gasteiger partial charge in [0.05, 0.1) is 0 Å². The highest BCUT2D eigenvalue weighted by molar-refractivity contribution is 6.27. The van der Waals surface area contributed by atoms with E-state index in [0.29, 0.717) is 23.0 Å². The molecule has 52 heavy (non-hydrogen) atoms. The predicted octanol–water partition coefficient (Wildman–Crippen LogP) is 12.4. The Morgan fingerprint density at radius 3 is 1.04 bits per heavy atom. The lowest BCUT2D eigenvalue weighted by Crippen LogP contribution is -2.14. The molecule has 0 aliphatic heterocycles. The van der Waals surface area contributed by atoms with Gasteiger partial charge in [-0.2, -0.15) is 0 Å². The topological polar surface area (TPSA) is 71.1 Å². The number of ether oxygens (including phenoxy) is 4. The number of fused-ring (bicyclic) bond motifs is 4. The van der Waals surface area contributed by atoms with Crippen LogP contribution in [0.3, 0.4) is 0 Å². The Kier molecular flexibility index (Phi) is 8.28. The van der Waals surface area contributed by atoms with E-state index in [0.717, 1.165) is 76.5 Å². The summed E-state index contributed by atoms with van der Waals surface area (Å²) in [5.41, 5.74) is 6.05. The van der Waals surface area contributed by atoms with E-state index >= 15 is 0 Å². The first kappa shape index (κ1) is 32.5. The second-order valence-corrected chi connectivity index (χ2v) is 13.1. The summed E-state index contributed by atoms with van der Waals surface area (Å²) in [5.74, 6) is 1.62. The molecule has 0 fully saturated rings. The van der Waals surface area contributed by atoms with Crippen molar-refractivity contribution in [3.63, 3.8) is 0 Å². The predicted molar refractivity (Wildman–Crippen MR) is 207 cm³/mol. The van der Waals surface area contributed by atoms with Crippen LogP contribution < -0.4 is 18.9 Å². The zero-order valence-electron chi connectivity index (χ0n) is 29.2. The highest BCUT2D eigenvalue weighted by Crippen LogP contribution is 2.50. The van der Waals surface area contributed by atoms with Gasteiger partial charge in [-0.05, 0) is 96.8 Å². The van der Waals surface area contributed by atoms with Crippen LogP contribution in [0, 0.1) is 27.7 Å². The molecule has 0 aromatic heterocycles. The number of hydrogen-bond donors (Lipinski definition) is 0. The third-order valence-corrected chi connectivity index (χ3v) is 9.27. The quantitative estimate of drug-likeness (QED) is 0.102. The molecule has 0 unspecified atom stereocenters.